The van der Waals surface area contributed by atoms with Crippen LogP contribution in [0.3, 0.4) is 0 Å². The number of hydrogen-bond donors (Lipinski definition) is 2. The van der Waals surface area contributed by atoms with E-state index in [0.717, 1.165) is 12.8 Å². The van der Waals surface area contributed by atoms with Gasteiger partial charge >= 0.3 is 0 Å². The van der Waals surface area contributed by atoms with E-state index in [1.54, 1.807) is 0 Å². The Bertz CT molecular complexity index is 703. The van der Waals surface area contributed by atoms with Crippen molar-refractivity contribution in [1.29, 1.82) is 0 Å². The zero-order valence-corrected chi connectivity index (χ0v) is 11.6. The van der Waals surface area contributed by atoms with Crippen LogP contribution in [0.15, 0.2) is 24.4 Å². The van der Waals surface area contributed by atoms with E-state index in [1.165, 1.54) is 22.0 Å². The average molecular weight is 269 g/mol. The lowest BCUT2D eigenvalue weighted by Crippen LogP contribution is -2.49. The molecule has 0 spiro atoms. The molecule has 1 aromatic carbocycles. The molecule has 4 nitrogen and oxygen atoms in total. The normalized spacial score (nSPS) is 28.4. The fourth-order valence-electron chi connectivity index (χ4n) is 4.03. The van der Waals surface area contributed by atoms with Crippen molar-refractivity contribution in [3.8, 4) is 0 Å². The first-order valence-corrected chi connectivity index (χ1v) is 7.24. The van der Waals surface area contributed by atoms with E-state index in [1.807, 2.05) is 0 Å². The maximum atomic E-state index is 11.5. The molecular weight excluding hydrogens is 250 g/mol. The van der Waals surface area contributed by atoms with Crippen molar-refractivity contribution in [2.75, 3.05) is 6.54 Å². The Morgan fingerprint density at radius 2 is 2.30 bits per heavy atom. The van der Waals surface area contributed by atoms with Gasteiger partial charge < -0.3 is 15.6 Å². The SMILES string of the molecule is Cn1cc2c3c(cccc31)C1CC(C(N)=O)CNC1C2. The second kappa shape index (κ2) is 4.09. The number of nitrogens with two attached hydrogens (primary N) is 1. The number of rotatable bonds is 1. The molecule has 4 rings (SSSR count). The molecule has 2 aliphatic rings. The summed E-state index contributed by atoms with van der Waals surface area (Å²) in [5.74, 6) is 0.179. The van der Waals surface area contributed by atoms with Gasteiger partial charge in [-0.1, -0.05) is 12.1 Å². The number of hydrogen-bond acceptors (Lipinski definition) is 2. The van der Waals surface area contributed by atoms with Gasteiger partial charge in [-0.25, -0.2) is 0 Å². The van der Waals surface area contributed by atoms with Crippen molar-refractivity contribution in [3.05, 3.63) is 35.5 Å². The van der Waals surface area contributed by atoms with E-state index in [-0.39, 0.29) is 11.8 Å². The van der Waals surface area contributed by atoms with Gasteiger partial charge in [-0.3, -0.25) is 4.79 Å². The minimum atomic E-state index is -0.179. The summed E-state index contributed by atoms with van der Waals surface area (Å²) in [5.41, 5.74) is 9.59. The molecule has 1 saturated heterocycles. The maximum Gasteiger partial charge on any atom is 0.221 e. The quantitative estimate of drug-likeness (QED) is 0.819. The summed E-state index contributed by atoms with van der Waals surface area (Å²) in [7, 11) is 2.10. The number of piperidine rings is 1. The van der Waals surface area contributed by atoms with E-state index in [0.29, 0.717) is 18.5 Å². The van der Waals surface area contributed by atoms with E-state index < -0.39 is 0 Å². The highest BCUT2D eigenvalue weighted by atomic mass is 16.1. The smallest absolute Gasteiger partial charge is 0.221 e. The molecule has 2 aromatic rings. The van der Waals surface area contributed by atoms with Crippen molar-refractivity contribution < 1.29 is 4.79 Å². The monoisotopic (exact) mass is 269 g/mol. The molecule has 1 fully saturated rings. The summed E-state index contributed by atoms with van der Waals surface area (Å²) >= 11 is 0. The van der Waals surface area contributed by atoms with Crippen LogP contribution in [0.5, 0.6) is 0 Å². The van der Waals surface area contributed by atoms with Crippen molar-refractivity contribution in [1.82, 2.24) is 9.88 Å². The highest BCUT2D eigenvalue weighted by Crippen LogP contribution is 2.42. The average Bonchev–Trinajstić information content (AvgIpc) is 2.76. The second-order valence-corrected chi connectivity index (χ2v) is 6.17. The van der Waals surface area contributed by atoms with Crippen LogP contribution in [-0.2, 0) is 18.3 Å². The molecule has 0 radical (unpaired) electrons. The zero-order chi connectivity index (χ0) is 13.9. The van der Waals surface area contributed by atoms with Gasteiger partial charge in [0.1, 0.15) is 0 Å². The Hall–Kier alpha value is -1.81. The lowest BCUT2D eigenvalue weighted by Gasteiger charge is -2.39. The third kappa shape index (κ3) is 1.54. The number of amides is 1. The molecule has 0 saturated carbocycles. The van der Waals surface area contributed by atoms with Gasteiger partial charge in [0.25, 0.3) is 0 Å². The fourth-order valence-corrected chi connectivity index (χ4v) is 4.03. The molecule has 3 N–H and O–H groups in total. The summed E-state index contributed by atoms with van der Waals surface area (Å²) in [6.07, 6.45) is 4.16. The van der Waals surface area contributed by atoms with E-state index >= 15 is 0 Å². The van der Waals surface area contributed by atoms with Gasteiger partial charge in [0.2, 0.25) is 5.91 Å². The molecule has 4 heteroatoms. The zero-order valence-electron chi connectivity index (χ0n) is 11.6. The minimum absolute atomic E-state index is 0.0447. The summed E-state index contributed by atoms with van der Waals surface area (Å²) in [4.78, 5) is 11.5. The molecule has 0 bridgehead atoms. The molecule has 104 valence electrons. The maximum absolute atomic E-state index is 11.5. The molecule has 3 atom stereocenters. The predicted molar refractivity (Wildman–Crippen MR) is 78.5 cm³/mol. The van der Waals surface area contributed by atoms with Crippen LogP contribution < -0.4 is 11.1 Å². The Labute approximate surface area is 117 Å². The highest BCUT2D eigenvalue weighted by Gasteiger charge is 2.37. The topological polar surface area (TPSA) is 60.0 Å². The van der Waals surface area contributed by atoms with Gasteiger partial charge in [-0.05, 0) is 30.0 Å². The van der Waals surface area contributed by atoms with Crippen molar-refractivity contribution >= 4 is 16.8 Å². The summed E-state index contributed by atoms with van der Waals surface area (Å²) in [6, 6.07) is 6.95. The van der Waals surface area contributed by atoms with Gasteiger partial charge in [0.05, 0.1) is 5.92 Å². The van der Waals surface area contributed by atoms with Crippen LogP contribution in [0.2, 0.25) is 0 Å². The standard InChI is InChI=1S/C16H19N3O/c1-19-8-10-6-13-12(5-9(7-18-13)16(17)20)11-3-2-4-14(19)15(10)11/h2-4,8-9,12-13,18H,5-7H2,1H3,(H2,17,20). The lowest BCUT2D eigenvalue weighted by atomic mass is 9.73. The number of nitrogens with zero attached hydrogens (tertiary/aromatic N) is 1. The van der Waals surface area contributed by atoms with Gasteiger partial charge in [0.15, 0.2) is 0 Å². The number of carbonyl (C=O) groups is 1. The van der Waals surface area contributed by atoms with Crippen LogP contribution in [0.4, 0.5) is 0 Å². The number of aryl methyl sites for hydroxylation is 1. The Morgan fingerprint density at radius 1 is 1.45 bits per heavy atom. The molecule has 1 aliphatic carbocycles. The van der Waals surface area contributed by atoms with E-state index in [9.17, 15) is 4.79 Å². The molecule has 3 unspecified atom stereocenters. The predicted octanol–water partition coefficient (Wildman–Crippen LogP) is 1.28. The van der Waals surface area contributed by atoms with E-state index in [2.05, 4.69) is 41.3 Å². The number of nitrogens with one attached hydrogen (secondary N) is 1. The summed E-state index contributed by atoms with van der Waals surface area (Å²) < 4.78 is 2.21. The first-order chi connectivity index (χ1) is 9.65. The number of primary amides is 1. The molecule has 1 amide bonds. The minimum Gasteiger partial charge on any atom is -0.369 e. The van der Waals surface area contributed by atoms with Gasteiger partial charge in [-0.15, -0.1) is 0 Å². The summed E-state index contributed by atoms with van der Waals surface area (Å²) in [5, 5.41) is 4.93. The Balaban J connectivity index is 1.85. The Kier molecular flexibility index (Phi) is 2.45. The third-order valence-electron chi connectivity index (χ3n) is 5.02. The lowest BCUT2D eigenvalue weighted by molar-refractivity contribution is -0.122. The van der Waals surface area contributed by atoms with E-state index in [4.69, 9.17) is 5.73 Å². The molecule has 1 aliphatic heterocycles. The number of benzene rings is 1. The largest absolute Gasteiger partial charge is 0.369 e. The fraction of sp³-hybridized carbons (Fsp3) is 0.438. The van der Waals surface area contributed by atoms with Crippen LogP contribution in [0.25, 0.3) is 10.9 Å². The van der Waals surface area contributed by atoms with Crippen LogP contribution >= 0.6 is 0 Å². The molecule has 20 heavy (non-hydrogen) atoms. The summed E-state index contributed by atoms with van der Waals surface area (Å²) in [6.45, 7) is 0.717. The molecule has 1 aromatic heterocycles. The highest BCUT2D eigenvalue weighted by molar-refractivity contribution is 5.89. The number of carbonyl (C=O) groups excluding carboxylic acids is 1. The molecular formula is C16H19N3O. The first-order valence-electron chi connectivity index (χ1n) is 7.24. The Morgan fingerprint density at radius 3 is 3.10 bits per heavy atom. The first kappa shape index (κ1) is 12.0. The van der Waals surface area contributed by atoms with Crippen LogP contribution in [0, 0.1) is 5.92 Å². The van der Waals surface area contributed by atoms with Crippen LogP contribution in [-0.4, -0.2) is 23.1 Å². The number of fused-ring (bicyclic) bond motifs is 2. The van der Waals surface area contributed by atoms with Crippen molar-refractivity contribution in [2.24, 2.45) is 18.7 Å². The van der Waals surface area contributed by atoms with Gasteiger partial charge in [-0.2, -0.15) is 0 Å². The second-order valence-electron chi connectivity index (χ2n) is 6.17. The van der Waals surface area contributed by atoms with Gasteiger partial charge in [0, 0.05) is 42.7 Å². The van der Waals surface area contributed by atoms with Crippen molar-refractivity contribution in [2.45, 2.75) is 24.8 Å². The molecule has 2 heterocycles. The van der Waals surface area contributed by atoms with Crippen molar-refractivity contribution in [3.63, 3.8) is 0 Å². The van der Waals surface area contributed by atoms with Crippen LogP contribution in [0.1, 0.15) is 23.5 Å². The third-order valence-corrected chi connectivity index (χ3v) is 5.02. The number of aromatic nitrogens is 1.